The maximum Gasteiger partial charge on any atom is 0.280 e. The van der Waals surface area contributed by atoms with Crippen LogP contribution in [0.3, 0.4) is 0 Å². The zero-order valence-electron chi connectivity index (χ0n) is 11.1. The Morgan fingerprint density at radius 3 is 2.59 bits per heavy atom. The van der Waals surface area contributed by atoms with Gasteiger partial charge < -0.3 is 24.5 Å². The molecule has 2 atom stereocenters. The summed E-state index contributed by atoms with van der Waals surface area (Å²) in [4.78, 5) is 24.6. The molecule has 1 aliphatic carbocycles. The van der Waals surface area contributed by atoms with Crippen molar-refractivity contribution < 1.29 is 29.3 Å². The predicted octanol–water partition coefficient (Wildman–Crippen LogP) is -0.246. The minimum Gasteiger partial charge on any atom is -0.456 e. The number of rotatable bonds is 1. The maximum atomic E-state index is 12.6. The molecule has 0 saturated carbocycles. The number of aliphatic hydroxyl groups is 3. The number of carbonyl (C=O) groups excluding carboxylic acids is 1. The second-order valence-electron chi connectivity index (χ2n) is 5.22. The van der Waals surface area contributed by atoms with Gasteiger partial charge in [-0.3, -0.25) is 9.59 Å². The fourth-order valence-electron chi connectivity index (χ4n) is 3.00. The summed E-state index contributed by atoms with van der Waals surface area (Å²) in [6, 6.07) is 6.97. The molecule has 7 heteroatoms. The third-order valence-electron chi connectivity index (χ3n) is 4.05. The lowest BCUT2D eigenvalue weighted by molar-refractivity contribution is -0.228. The summed E-state index contributed by atoms with van der Waals surface area (Å²) in [7, 11) is 0. The number of aliphatic hydroxyl groups excluding tert-OH is 1. The van der Waals surface area contributed by atoms with Gasteiger partial charge >= 0.3 is 0 Å². The molecule has 22 heavy (non-hydrogen) atoms. The number of hydrogen-bond acceptors (Lipinski definition) is 7. The highest BCUT2D eigenvalue weighted by atomic mass is 16.7. The molecule has 0 amide bonds. The van der Waals surface area contributed by atoms with Gasteiger partial charge in [-0.1, -0.05) is 24.3 Å². The van der Waals surface area contributed by atoms with Crippen molar-refractivity contribution >= 4 is 5.78 Å². The number of carbonyl (C=O) groups is 1. The van der Waals surface area contributed by atoms with Crippen molar-refractivity contribution in [3.05, 3.63) is 63.2 Å². The van der Waals surface area contributed by atoms with Crippen LogP contribution in [0.5, 0.6) is 5.75 Å². The molecule has 2 heterocycles. The first-order chi connectivity index (χ1) is 10.4. The smallest absolute Gasteiger partial charge is 0.280 e. The van der Waals surface area contributed by atoms with E-state index in [0.29, 0.717) is 0 Å². The van der Waals surface area contributed by atoms with Crippen molar-refractivity contribution in [1.29, 1.82) is 0 Å². The topological polar surface area (TPSA) is 117 Å². The molecular formula is C15H10O7. The molecular weight excluding hydrogens is 292 g/mol. The number of ketones is 1. The Morgan fingerprint density at radius 1 is 1.14 bits per heavy atom. The monoisotopic (exact) mass is 302 g/mol. The van der Waals surface area contributed by atoms with E-state index in [1.807, 2.05) is 0 Å². The van der Waals surface area contributed by atoms with Gasteiger partial charge in [0.25, 0.3) is 11.4 Å². The summed E-state index contributed by atoms with van der Waals surface area (Å²) >= 11 is 0. The summed E-state index contributed by atoms with van der Waals surface area (Å²) in [5.74, 6) is -4.34. The van der Waals surface area contributed by atoms with Gasteiger partial charge in [-0.15, -0.1) is 0 Å². The van der Waals surface area contributed by atoms with Crippen molar-refractivity contribution in [2.24, 2.45) is 0 Å². The fourth-order valence-corrected chi connectivity index (χ4v) is 3.00. The van der Waals surface area contributed by atoms with Crippen LogP contribution in [0.4, 0.5) is 0 Å². The standard InChI is InChI=1S/C15H10O7/c16-6-7-5-10(17)11-13(21-7)14(19)12(18)8-3-1-2-4-9(8)15(14,20)22-11/h1-5,16,19-20H,6H2. The zero-order chi connectivity index (χ0) is 15.7. The maximum absolute atomic E-state index is 12.6. The van der Waals surface area contributed by atoms with Gasteiger partial charge in [0.15, 0.2) is 5.76 Å². The molecule has 0 saturated heterocycles. The van der Waals surface area contributed by atoms with E-state index in [2.05, 4.69) is 0 Å². The third kappa shape index (κ3) is 1.22. The Bertz CT molecular complexity index is 884. The Morgan fingerprint density at radius 2 is 1.86 bits per heavy atom. The van der Waals surface area contributed by atoms with Crippen LogP contribution in [0.1, 0.15) is 27.4 Å². The molecule has 112 valence electrons. The van der Waals surface area contributed by atoms with Crippen molar-refractivity contribution in [2.75, 3.05) is 0 Å². The molecule has 2 aromatic rings. The summed E-state index contributed by atoms with van der Waals surface area (Å²) in [5, 5.41) is 30.7. The summed E-state index contributed by atoms with van der Waals surface area (Å²) in [6.07, 6.45) is 0. The van der Waals surface area contributed by atoms with E-state index in [9.17, 15) is 19.8 Å². The van der Waals surface area contributed by atoms with Crippen LogP contribution in [0.2, 0.25) is 0 Å². The van der Waals surface area contributed by atoms with E-state index in [4.69, 9.17) is 14.3 Å². The highest BCUT2D eigenvalue weighted by Crippen LogP contribution is 2.57. The largest absolute Gasteiger partial charge is 0.456 e. The van der Waals surface area contributed by atoms with E-state index in [-0.39, 0.29) is 16.9 Å². The van der Waals surface area contributed by atoms with Gasteiger partial charge in [0.05, 0.1) is 0 Å². The number of benzene rings is 1. The minimum atomic E-state index is -2.56. The molecule has 3 N–H and O–H groups in total. The van der Waals surface area contributed by atoms with E-state index < -0.39 is 40.7 Å². The van der Waals surface area contributed by atoms with Crippen LogP contribution < -0.4 is 10.2 Å². The predicted molar refractivity (Wildman–Crippen MR) is 70.1 cm³/mol. The highest BCUT2D eigenvalue weighted by Gasteiger charge is 2.73. The molecule has 1 aromatic carbocycles. The molecule has 1 aliphatic heterocycles. The average Bonchev–Trinajstić information content (AvgIpc) is 2.86. The second kappa shape index (κ2) is 3.83. The van der Waals surface area contributed by atoms with Crippen molar-refractivity contribution in [3.8, 4) is 5.75 Å². The Balaban J connectivity index is 2.07. The van der Waals surface area contributed by atoms with Crippen LogP contribution in [-0.4, -0.2) is 21.1 Å². The summed E-state index contributed by atoms with van der Waals surface area (Å²) in [5.41, 5.74) is -3.13. The Kier molecular flexibility index (Phi) is 2.30. The molecule has 7 nitrogen and oxygen atoms in total. The van der Waals surface area contributed by atoms with E-state index in [1.165, 1.54) is 12.1 Å². The van der Waals surface area contributed by atoms with Gasteiger partial charge in [0.2, 0.25) is 17.0 Å². The fraction of sp³-hybridized carbons (Fsp3) is 0.200. The third-order valence-corrected chi connectivity index (χ3v) is 4.05. The van der Waals surface area contributed by atoms with Crippen molar-refractivity contribution in [2.45, 2.75) is 18.0 Å². The molecule has 2 unspecified atom stereocenters. The number of ether oxygens (including phenoxy) is 1. The quantitative estimate of drug-likeness (QED) is 0.665. The van der Waals surface area contributed by atoms with Crippen LogP contribution >= 0.6 is 0 Å². The molecule has 0 bridgehead atoms. The van der Waals surface area contributed by atoms with Gasteiger partial charge in [-0.25, -0.2) is 0 Å². The van der Waals surface area contributed by atoms with Gasteiger partial charge in [-0.05, 0) is 0 Å². The van der Waals surface area contributed by atoms with E-state index in [0.717, 1.165) is 6.07 Å². The minimum absolute atomic E-state index is 0.0545. The molecule has 0 fully saturated rings. The molecule has 1 aromatic heterocycles. The SMILES string of the molecule is O=C1c2ccccc2C2(O)Oc3c(oc(CO)cc3=O)C12O. The lowest BCUT2D eigenvalue weighted by atomic mass is 9.92. The van der Waals surface area contributed by atoms with Gasteiger partial charge in [0.1, 0.15) is 12.4 Å². The van der Waals surface area contributed by atoms with Crippen LogP contribution in [0.15, 0.2) is 39.5 Å². The van der Waals surface area contributed by atoms with E-state index >= 15 is 0 Å². The zero-order valence-corrected chi connectivity index (χ0v) is 11.1. The van der Waals surface area contributed by atoms with Crippen LogP contribution in [0.25, 0.3) is 0 Å². The molecule has 2 aliphatic rings. The molecule has 0 spiro atoms. The normalized spacial score (nSPS) is 28.0. The van der Waals surface area contributed by atoms with Crippen LogP contribution in [0, 0.1) is 0 Å². The van der Waals surface area contributed by atoms with Crippen molar-refractivity contribution in [3.63, 3.8) is 0 Å². The van der Waals surface area contributed by atoms with Gasteiger partial charge in [-0.2, -0.15) is 0 Å². The van der Waals surface area contributed by atoms with E-state index in [1.54, 1.807) is 12.1 Å². The number of Topliss-reactive ketones (excluding diaryl/α,β-unsaturated/α-hetero) is 1. The number of fused-ring (bicyclic) bond motifs is 5. The number of hydrogen-bond donors (Lipinski definition) is 3. The molecule has 4 rings (SSSR count). The highest BCUT2D eigenvalue weighted by molar-refractivity contribution is 6.09. The lowest BCUT2D eigenvalue weighted by Crippen LogP contribution is -2.48. The van der Waals surface area contributed by atoms with Gasteiger partial charge in [0, 0.05) is 17.2 Å². The first kappa shape index (κ1) is 13.2. The Hall–Kier alpha value is -2.48. The Labute approximate surface area is 123 Å². The molecule has 0 radical (unpaired) electrons. The average molecular weight is 302 g/mol. The second-order valence-corrected chi connectivity index (χ2v) is 5.22. The lowest BCUT2D eigenvalue weighted by Gasteiger charge is -2.27. The summed E-state index contributed by atoms with van der Waals surface area (Å²) in [6.45, 7) is -0.599. The summed E-state index contributed by atoms with van der Waals surface area (Å²) < 4.78 is 10.5. The first-order valence-electron chi connectivity index (χ1n) is 6.50. The van der Waals surface area contributed by atoms with Crippen LogP contribution in [-0.2, 0) is 18.0 Å². The first-order valence-corrected chi connectivity index (χ1v) is 6.50. The van der Waals surface area contributed by atoms with Crippen molar-refractivity contribution in [1.82, 2.24) is 0 Å².